The van der Waals surface area contributed by atoms with Gasteiger partial charge in [-0.15, -0.1) is 0 Å². The van der Waals surface area contributed by atoms with Gasteiger partial charge in [0.2, 0.25) is 5.91 Å². The van der Waals surface area contributed by atoms with E-state index in [1.165, 1.54) is 0 Å². The third kappa shape index (κ3) is 5.77. The summed E-state index contributed by atoms with van der Waals surface area (Å²) in [4.78, 5) is 34.5. The number of likely N-dealkylation sites (tertiary alicyclic amines) is 2. The van der Waals surface area contributed by atoms with Crippen molar-refractivity contribution in [1.29, 1.82) is 0 Å². The molecule has 0 aliphatic carbocycles. The highest BCUT2D eigenvalue weighted by Crippen LogP contribution is 2.22. The van der Waals surface area contributed by atoms with Gasteiger partial charge in [0.05, 0.1) is 6.04 Å². The molecule has 3 saturated heterocycles. The second kappa shape index (κ2) is 10.5. The first-order valence-electron chi connectivity index (χ1n) is 11.9. The van der Waals surface area contributed by atoms with Crippen molar-refractivity contribution in [3.63, 3.8) is 0 Å². The molecule has 3 fully saturated rings. The molecule has 0 aromatic heterocycles. The predicted molar refractivity (Wildman–Crippen MR) is 122 cm³/mol. The Balaban J connectivity index is 1.32. The minimum absolute atomic E-state index is 0.00127. The Kier molecular flexibility index (Phi) is 7.45. The fourth-order valence-corrected chi connectivity index (χ4v) is 4.94. The third-order valence-electron chi connectivity index (χ3n) is 7.07. The first-order valence-corrected chi connectivity index (χ1v) is 11.9. The average molecular weight is 428 g/mol. The number of benzene rings is 1. The summed E-state index contributed by atoms with van der Waals surface area (Å²) in [6.07, 6.45) is 3.72. The first-order chi connectivity index (χ1) is 15.1. The lowest BCUT2D eigenvalue weighted by Crippen LogP contribution is -2.50. The van der Waals surface area contributed by atoms with Gasteiger partial charge in [-0.25, -0.2) is 4.79 Å². The lowest BCUT2D eigenvalue weighted by molar-refractivity contribution is -0.127. The van der Waals surface area contributed by atoms with E-state index in [2.05, 4.69) is 34.3 Å². The Morgan fingerprint density at radius 1 is 0.903 bits per heavy atom. The highest BCUT2D eigenvalue weighted by Gasteiger charge is 2.31. The number of hydrogen-bond acceptors (Lipinski definition) is 4. The van der Waals surface area contributed by atoms with E-state index in [0.717, 1.165) is 77.1 Å². The highest BCUT2D eigenvalue weighted by molar-refractivity contribution is 5.80. The molecule has 31 heavy (non-hydrogen) atoms. The lowest BCUT2D eigenvalue weighted by atomic mass is 9.95. The molecule has 3 aliphatic rings. The van der Waals surface area contributed by atoms with Gasteiger partial charge < -0.3 is 20.0 Å². The van der Waals surface area contributed by atoms with Crippen LogP contribution in [0.1, 0.15) is 37.3 Å². The van der Waals surface area contributed by atoms with Crippen LogP contribution < -0.4 is 5.32 Å². The zero-order valence-electron chi connectivity index (χ0n) is 18.8. The zero-order valence-corrected chi connectivity index (χ0v) is 18.8. The molecule has 1 aromatic carbocycles. The zero-order chi connectivity index (χ0) is 21.6. The smallest absolute Gasteiger partial charge is 0.319 e. The van der Waals surface area contributed by atoms with Crippen molar-refractivity contribution in [2.45, 2.75) is 31.7 Å². The minimum Gasteiger partial charge on any atom is -0.348 e. The molecule has 1 atom stereocenters. The monoisotopic (exact) mass is 427 g/mol. The van der Waals surface area contributed by atoms with Crippen molar-refractivity contribution in [1.82, 2.24) is 24.9 Å². The number of carbonyl (C=O) groups is 2. The van der Waals surface area contributed by atoms with E-state index in [-0.39, 0.29) is 23.9 Å². The summed E-state index contributed by atoms with van der Waals surface area (Å²) in [5, 5.41) is 3.35. The van der Waals surface area contributed by atoms with E-state index in [1.807, 2.05) is 28.0 Å². The Hall–Kier alpha value is -2.12. The standard InChI is InChI=1S/C24H37N5O2/c1-26-15-17-27(18-16-26)19-22(20-7-3-2-4-8-20)25-23(30)21-9-13-29(14-10-21)24(31)28-11-5-6-12-28/h2-4,7-8,21-22H,5-6,9-19H2,1H3,(H,25,30). The summed E-state index contributed by atoms with van der Waals surface area (Å²) < 4.78 is 0. The van der Waals surface area contributed by atoms with Gasteiger partial charge in [-0.1, -0.05) is 30.3 Å². The molecule has 0 radical (unpaired) electrons. The number of carbonyl (C=O) groups excluding carboxylic acids is 2. The van der Waals surface area contributed by atoms with Gasteiger partial charge in [-0.2, -0.15) is 0 Å². The average Bonchev–Trinajstić information content (AvgIpc) is 3.35. The van der Waals surface area contributed by atoms with Crippen LogP contribution in [0.3, 0.4) is 0 Å². The minimum atomic E-state index is -0.0127. The van der Waals surface area contributed by atoms with E-state index < -0.39 is 0 Å². The van der Waals surface area contributed by atoms with Crippen molar-refractivity contribution in [3.8, 4) is 0 Å². The molecule has 1 aromatic rings. The van der Waals surface area contributed by atoms with Crippen molar-refractivity contribution in [3.05, 3.63) is 35.9 Å². The number of rotatable bonds is 5. The second-order valence-corrected chi connectivity index (χ2v) is 9.31. The quantitative estimate of drug-likeness (QED) is 0.781. The maximum Gasteiger partial charge on any atom is 0.319 e. The van der Waals surface area contributed by atoms with Crippen LogP contribution in [-0.2, 0) is 4.79 Å². The normalized spacial score (nSPS) is 22.5. The number of hydrogen-bond donors (Lipinski definition) is 1. The molecule has 7 nitrogen and oxygen atoms in total. The molecular formula is C24H37N5O2. The first kappa shape index (κ1) is 22.1. The van der Waals surface area contributed by atoms with E-state index >= 15 is 0 Å². The van der Waals surface area contributed by atoms with E-state index in [1.54, 1.807) is 0 Å². The summed E-state index contributed by atoms with van der Waals surface area (Å²) in [6, 6.07) is 10.5. The van der Waals surface area contributed by atoms with Crippen LogP contribution in [0.5, 0.6) is 0 Å². The number of nitrogens with one attached hydrogen (secondary N) is 1. The van der Waals surface area contributed by atoms with Gasteiger partial charge in [-0.05, 0) is 38.3 Å². The summed E-state index contributed by atoms with van der Waals surface area (Å²) in [6.45, 7) is 8.17. The molecule has 3 aliphatic heterocycles. The Bertz CT molecular complexity index is 721. The molecule has 1 N–H and O–H groups in total. The number of likely N-dealkylation sites (N-methyl/N-ethyl adjacent to an activating group) is 1. The van der Waals surface area contributed by atoms with Gasteiger partial charge in [0.25, 0.3) is 0 Å². The van der Waals surface area contributed by atoms with E-state index in [9.17, 15) is 9.59 Å². The van der Waals surface area contributed by atoms with Crippen LogP contribution >= 0.6 is 0 Å². The Morgan fingerprint density at radius 3 is 2.16 bits per heavy atom. The molecule has 7 heteroatoms. The van der Waals surface area contributed by atoms with Gasteiger partial charge in [-0.3, -0.25) is 9.69 Å². The van der Waals surface area contributed by atoms with E-state index in [0.29, 0.717) is 13.1 Å². The molecule has 0 saturated carbocycles. The van der Waals surface area contributed by atoms with E-state index in [4.69, 9.17) is 0 Å². The van der Waals surface area contributed by atoms with Crippen LogP contribution in [0, 0.1) is 5.92 Å². The highest BCUT2D eigenvalue weighted by atomic mass is 16.2. The molecular weight excluding hydrogens is 390 g/mol. The number of piperidine rings is 1. The molecule has 0 spiro atoms. The Labute approximate surface area is 186 Å². The van der Waals surface area contributed by atoms with Crippen LogP contribution in [-0.4, -0.2) is 97.5 Å². The van der Waals surface area contributed by atoms with Crippen molar-refractivity contribution < 1.29 is 9.59 Å². The van der Waals surface area contributed by atoms with Crippen LogP contribution in [0.15, 0.2) is 30.3 Å². The fraction of sp³-hybridized carbons (Fsp3) is 0.667. The van der Waals surface area contributed by atoms with Crippen molar-refractivity contribution in [2.24, 2.45) is 5.92 Å². The van der Waals surface area contributed by atoms with Crippen LogP contribution in [0.25, 0.3) is 0 Å². The molecule has 0 bridgehead atoms. The van der Waals surface area contributed by atoms with Gasteiger partial charge in [0.1, 0.15) is 0 Å². The molecule has 1 unspecified atom stereocenters. The molecule has 170 valence electrons. The number of amides is 3. The predicted octanol–water partition coefficient (Wildman–Crippen LogP) is 2.02. The number of nitrogens with zero attached hydrogens (tertiary/aromatic N) is 4. The summed E-state index contributed by atoms with van der Waals surface area (Å²) in [7, 11) is 2.16. The maximum absolute atomic E-state index is 13.2. The SMILES string of the molecule is CN1CCN(CC(NC(=O)C2CCN(C(=O)N3CCCC3)CC2)c2ccccc2)CC1. The number of urea groups is 1. The van der Waals surface area contributed by atoms with Crippen LogP contribution in [0.2, 0.25) is 0 Å². The van der Waals surface area contributed by atoms with Gasteiger partial charge in [0, 0.05) is 64.8 Å². The second-order valence-electron chi connectivity index (χ2n) is 9.31. The summed E-state index contributed by atoms with van der Waals surface area (Å²) in [5.41, 5.74) is 1.16. The summed E-state index contributed by atoms with van der Waals surface area (Å²) in [5.74, 6) is 0.123. The third-order valence-corrected chi connectivity index (χ3v) is 7.07. The van der Waals surface area contributed by atoms with Gasteiger partial charge in [0.15, 0.2) is 0 Å². The maximum atomic E-state index is 13.2. The molecule has 3 amide bonds. The largest absolute Gasteiger partial charge is 0.348 e. The van der Waals surface area contributed by atoms with Crippen LogP contribution in [0.4, 0.5) is 4.79 Å². The lowest BCUT2D eigenvalue weighted by Gasteiger charge is -2.36. The number of piperazine rings is 1. The molecule has 3 heterocycles. The molecule has 4 rings (SSSR count). The van der Waals surface area contributed by atoms with Crippen molar-refractivity contribution in [2.75, 3.05) is 66.0 Å². The topological polar surface area (TPSA) is 59.1 Å². The Morgan fingerprint density at radius 2 is 1.52 bits per heavy atom. The fourth-order valence-electron chi connectivity index (χ4n) is 4.94. The summed E-state index contributed by atoms with van der Waals surface area (Å²) >= 11 is 0. The van der Waals surface area contributed by atoms with Gasteiger partial charge >= 0.3 is 6.03 Å². The van der Waals surface area contributed by atoms with Crippen molar-refractivity contribution >= 4 is 11.9 Å².